The lowest BCUT2D eigenvalue weighted by molar-refractivity contribution is -0.138. The van der Waals surface area contributed by atoms with Gasteiger partial charge in [-0.25, -0.2) is 0 Å². The van der Waals surface area contributed by atoms with E-state index < -0.39 is 0 Å². The Morgan fingerprint density at radius 2 is 1.67 bits per heavy atom. The molecule has 0 saturated carbocycles. The minimum absolute atomic E-state index is 0.0573. The number of aliphatic hydroxyl groups excluding tert-OH is 1. The molecule has 5 heteroatoms. The molecule has 0 aromatic carbocycles. The Bertz CT molecular complexity index is 285. The molecule has 0 spiro atoms. The van der Waals surface area contributed by atoms with Gasteiger partial charge in [-0.05, 0) is 13.8 Å². The highest BCUT2D eigenvalue weighted by Gasteiger charge is 2.32. The Balaban J connectivity index is 2.46. The van der Waals surface area contributed by atoms with Crippen LogP contribution < -0.4 is 0 Å². The highest BCUT2D eigenvalue weighted by Crippen LogP contribution is 2.18. The predicted molar refractivity (Wildman–Crippen MR) is 53.0 cm³/mol. The summed E-state index contributed by atoms with van der Waals surface area (Å²) in [5.41, 5.74) is 1.00. The molecule has 0 unspecified atom stereocenters. The summed E-state index contributed by atoms with van der Waals surface area (Å²) < 4.78 is 5.00. The third-order valence-corrected chi connectivity index (χ3v) is 2.39. The lowest BCUT2D eigenvalue weighted by atomic mass is 10.2. The van der Waals surface area contributed by atoms with Crippen molar-refractivity contribution in [1.82, 2.24) is 4.90 Å². The number of aliphatic hydroxyl groups is 1. The van der Waals surface area contributed by atoms with Crippen LogP contribution in [0.15, 0.2) is 11.1 Å². The molecule has 0 bridgehead atoms. The molecule has 0 saturated heterocycles. The van der Waals surface area contributed by atoms with Gasteiger partial charge in [-0.3, -0.25) is 14.5 Å². The summed E-state index contributed by atoms with van der Waals surface area (Å²) in [5, 5.41) is 8.47. The maximum atomic E-state index is 11.5. The zero-order valence-corrected chi connectivity index (χ0v) is 8.95. The van der Waals surface area contributed by atoms with Crippen molar-refractivity contribution in [1.29, 1.82) is 0 Å². The van der Waals surface area contributed by atoms with Crippen LogP contribution in [0.5, 0.6) is 0 Å². The number of ether oxygens (including phenoxy) is 1. The van der Waals surface area contributed by atoms with E-state index in [0.29, 0.717) is 11.1 Å². The van der Waals surface area contributed by atoms with E-state index >= 15 is 0 Å². The number of amides is 2. The number of nitrogens with zero attached hydrogens (tertiary/aromatic N) is 1. The van der Waals surface area contributed by atoms with Gasteiger partial charge in [0.1, 0.15) is 0 Å². The van der Waals surface area contributed by atoms with Crippen LogP contribution in [-0.4, -0.2) is 48.2 Å². The number of carbonyl (C=O) groups is 2. The second-order valence-corrected chi connectivity index (χ2v) is 3.35. The lowest BCUT2D eigenvalue weighted by Gasteiger charge is -2.14. The van der Waals surface area contributed by atoms with Crippen molar-refractivity contribution in [3.8, 4) is 0 Å². The van der Waals surface area contributed by atoms with Gasteiger partial charge in [0.2, 0.25) is 0 Å². The van der Waals surface area contributed by atoms with Gasteiger partial charge in [-0.2, -0.15) is 0 Å². The Hall–Kier alpha value is -1.20. The molecule has 0 aromatic heterocycles. The Labute approximate surface area is 88.3 Å². The monoisotopic (exact) mass is 213 g/mol. The topological polar surface area (TPSA) is 66.8 Å². The first-order valence-electron chi connectivity index (χ1n) is 4.82. The van der Waals surface area contributed by atoms with E-state index in [0.717, 1.165) is 0 Å². The molecule has 1 aliphatic heterocycles. The number of imide groups is 1. The van der Waals surface area contributed by atoms with Crippen LogP contribution in [0.1, 0.15) is 13.8 Å². The first kappa shape index (κ1) is 11.9. The van der Waals surface area contributed by atoms with Crippen LogP contribution in [0.25, 0.3) is 0 Å². The van der Waals surface area contributed by atoms with Crippen LogP contribution in [0, 0.1) is 0 Å². The van der Waals surface area contributed by atoms with E-state index in [-0.39, 0.29) is 38.2 Å². The lowest BCUT2D eigenvalue weighted by Crippen LogP contribution is -2.34. The SMILES string of the molecule is CC1=C(C)C(=O)N(CCOCCO)C1=O. The van der Waals surface area contributed by atoms with Crippen molar-refractivity contribution >= 4 is 11.8 Å². The van der Waals surface area contributed by atoms with E-state index in [1.54, 1.807) is 13.8 Å². The fourth-order valence-corrected chi connectivity index (χ4v) is 1.34. The third-order valence-electron chi connectivity index (χ3n) is 2.39. The minimum atomic E-state index is -0.245. The molecule has 1 heterocycles. The molecule has 0 radical (unpaired) electrons. The molecule has 1 rings (SSSR count). The molecule has 1 aliphatic rings. The Kier molecular flexibility index (Phi) is 3.99. The number of rotatable bonds is 5. The molecule has 0 aromatic rings. The number of hydrogen-bond donors (Lipinski definition) is 1. The number of hydrogen-bond acceptors (Lipinski definition) is 4. The molecular formula is C10H15NO4. The highest BCUT2D eigenvalue weighted by molar-refractivity contribution is 6.18. The molecule has 15 heavy (non-hydrogen) atoms. The van der Waals surface area contributed by atoms with Crippen molar-refractivity contribution < 1.29 is 19.4 Å². The van der Waals surface area contributed by atoms with E-state index in [1.807, 2.05) is 0 Å². The fourth-order valence-electron chi connectivity index (χ4n) is 1.34. The average Bonchev–Trinajstić information content (AvgIpc) is 2.41. The van der Waals surface area contributed by atoms with Crippen LogP contribution >= 0.6 is 0 Å². The van der Waals surface area contributed by atoms with Crippen LogP contribution in [0.4, 0.5) is 0 Å². The Morgan fingerprint density at radius 3 is 2.13 bits per heavy atom. The van der Waals surface area contributed by atoms with E-state index in [9.17, 15) is 9.59 Å². The fraction of sp³-hybridized carbons (Fsp3) is 0.600. The summed E-state index contributed by atoms with van der Waals surface area (Å²) in [4.78, 5) is 24.2. The smallest absolute Gasteiger partial charge is 0.256 e. The maximum absolute atomic E-state index is 11.5. The molecule has 1 N–H and O–H groups in total. The second-order valence-electron chi connectivity index (χ2n) is 3.35. The zero-order chi connectivity index (χ0) is 11.4. The van der Waals surface area contributed by atoms with Crippen LogP contribution in [0.3, 0.4) is 0 Å². The summed E-state index contributed by atoms with van der Waals surface area (Å²) in [6.45, 7) is 3.96. The maximum Gasteiger partial charge on any atom is 0.256 e. The highest BCUT2D eigenvalue weighted by atomic mass is 16.5. The van der Waals surface area contributed by atoms with Gasteiger partial charge in [-0.15, -0.1) is 0 Å². The summed E-state index contributed by atoms with van der Waals surface area (Å²) in [7, 11) is 0. The standard InChI is InChI=1S/C10H15NO4/c1-7-8(2)10(14)11(9(7)13)3-5-15-6-4-12/h12H,3-6H2,1-2H3. The van der Waals surface area contributed by atoms with Crippen molar-refractivity contribution in [2.45, 2.75) is 13.8 Å². The molecule has 0 aliphatic carbocycles. The van der Waals surface area contributed by atoms with Crippen LogP contribution in [0.2, 0.25) is 0 Å². The molecule has 2 amide bonds. The average molecular weight is 213 g/mol. The quantitative estimate of drug-likeness (QED) is 0.503. The summed E-state index contributed by atoms with van der Waals surface area (Å²) >= 11 is 0. The van der Waals surface area contributed by atoms with Gasteiger partial charge in [0.15, 0.2) is 0 Å². The predicted octanol–water partition coefficient (Wildman–Crippen LogP) is -0.299. The summed E-state index contributed by atoms with van der Waals surface area (Å²) in [6.07, 6.45) is 0. The first-order valence-corrected chi connectivity index (χ1v) is 4.82. The van der Waals surface area contributed by atoms with Crippen LogP contribution in [-0.2, 0) is 14.3 Å². The van der Waals surface area contributed by atoms with Gasteiger partial charge >= 0.3 is 0 Å². The van der Waals surface area contributed by atoms with Gasteiger partial charge in [0.25, 0.3) is 11.8 Å². The molecule has 0 atom stereocenters. The van der Waals surface area contributed by atoms with E-state index in [4.69, 9.17) is 9.84 Å². The van der Waals surface area contributed by atoms with E-state index in [1.165, 1.54) is 4.90 Å². The molecular weight excluding hydrogens is 198 g/mol. The molecule has 84 valence electrons. The number of carbonyl (C=O) groups excluding carboxylic acids is 2. The second kappa shape index (κ2) is 5.04. The largest absolute Gasteiger partial charge is 0.394 e. The van der Waals surface area contributed by atoms with Gasteiger partial charge < -0.3 is 9.84 Å². The van der Waals surface area contributed by atoms with Gasteiger partial charge in [0, 0.05) is 11.1 Å². The third kappa shape index (κ3) is 2.43. The normalized spacial score (nSPS) is 16.9. The van der Waals surface area contributed by atoms with Crippen molar-refractivity contribution in [2.24, 2.45) is 0 Å². The molecule has 0 fully saturated rings. The van der Waals surface area contributed by atoms with E-state index in [2.05, 4.69) is 0 Å². The molecule has 5 nitrogen and oxygen atoms in total. The summed E-state index contributed by atoms with van der Waals surface area (Å²) in [6, 6.07) is 0. The summed E-state index contributed by atoms with van der Waals surface area (Å²) in [5.74, 6) is -0.491. The Morgan fingerprint density at radius 1 is 1.13 bits per heavy atom. The van der Waals surface area contributed by atoms with Crippen molar-refractivity contribution in [3.05, 3.63) is 11.1 Å². The first-order chi connectivity index (χ1) is 7.09. The van der Waals surface area contributed by atoms with Gasteiger partial charge in [0.05, 0.1) is 26.4 Å². The van der Waals surface area contributed by atoms with Gasteiger partial charge in [-0.1, -0.05) is 0 Å². The minimum Gasteiger partial charge on any atom is -0.394 e. The van der Waals surface area contributed by atoms with Crippen molar-refractivity contribution in [3.63, 3.8) is 0 Å². The zero-order valence-electron chi connectivity index (χ0n) is 8.95. The van der Waals surface area contributed by atoms with Crippen molar-refractivity contribution in [2.75, 3.05) is 26.4 Å².